The zero-order chi connectivity index (χ0) is 14.3. The Balaban J connectivity index is 2.33. The van der Waals surface area contributed by atoms with Crippen LogP contribution in [0.25, 0.3) is 0 Å². The van der Waals surface area contributed by atoms with Crippen LogP contribution in [-0.4, -0.2) is 17.1 Å². The van der Waals surface area contributed by atoms with Crippen LogP contribution in [0.5, 0.6) is 0 Å². The maximum Gasteiger partial charge on any atom is 0.399 e. The van der Waals surface area contributed by atoms with Crippen molar-refractivity contribution in [1.82, 2.24) is 10.4 Å². The smallest absolute Gasteiger partial charge is 0.294 e. The van der Waals surface area contributed by atoms with Crippen molar-refractivity contribution in [2.45, 2.75) is 37.3 Å². The van der Waals surface area contributed by atoms with Crippen LogP contribution in [0.2, 0.25) is 0 Å². The number of hydrogen-bond acceptors (Lipinski definition) is 3. The summed E-state index contributed by atoms with van der Waals surface area (Å²) in [6.07, 6.45) is -4.22. The van der Waals surface area contributed by atoms with Gasteiger partial charge in [-0.1, -0.05) is 6.07 Å². The average Bonchev–Trinajstić information content (AvgIpc) is 3.18. The second-order valence-corrected chi connectivity index (χ2v) is 4.76. The molecule has 1 aromatic rings. The normalized spacial score (nSPS) is 18.8. The minimum absolute atomic E-state index is 0.0193. The third-order valence-electron chi connectivity index (χ3n) is 3.53. The van der Waals surface area contributed by atoms with Gasteiger partial charge in [0.1, 0.15) is 5.41 Å². The third-order valence-corrected chi connectivity index (χ3v) is 3.53. The van der Waals surface area contributed by atoms with Gasteiger partial charge in [0.2, 0.25) is 5.91 Å². The van der Waals surface area contributed by atoms with Gasteiger partial charge in [0.15, 0.2) is 0 Å². The van der Waals surface area contributed by atoms with Crippen molar-refractivity contribution in [1.29, 1.82) is 0 Å². The Morgan fingerprint density at radius 1 is 1.47 bits per heavy atom. The first-order valence-corrected chi connectivity index (χ1v) is 5.86. The van der Waals surface area contributed by atoms with Crippen molar-refractivity contribution in [2.24, 2.45) is 5.84 Å². The number of hydrazine groups is 1. The van der Waals surface area contributed by atoms with E-state index in [1.165, 1.54) is 18.2 Å². The number of rotatable bonds is 3. The zero-order valence-electron chi connectivity index (χ0n) is 10.3. The van der Waals surface area contributed by atoms with E-state index in [4.69, 9.17) is 5.84 Å². The molecule has 1 amide bonds. The molecular weight excluding hydrogens is 259 g/mol. The van der Waals surface area contributed by atoms with Crippen LogP contribution >= 0.6 is 0 Å². The molecule has 0 spiro atoms. The van der Waals surface area contributed by atoms with Crippen LogP contribution in [0.3, 0.4) is 0 Å². The lowest BCUT2D eigenvalue weighted by atomic mass is 9.99. The van der Waals surface area contributed by atoms with Crippen molar-refractivity contribution in [3.63, 3.8) is 0 Å². The van der Waals surface area contributed by atoms with E-state index < -0.39 is 23.4 Å². The van der Waals surface area contributed by atoms with Gasteiger partial charge in [0, 0.05) is 0 Å². The number of aromatic nitrogens is 1. The van der Waals surface area contributed by atoms with Crippen LogP contribution in [0, 0.1) is 0 Å². The standard InChI is InChI=1S/C12H14F3N3O/c1-7(10(19)18-16)8-3-2-4-9(17-8)11(5-6-11)12(13,14)15/h2-4,7H,5-6,16H2,1H3,(H,18,19). The van der Waals surface area contributed by atoms with Crippen LogP contribution in [0.4, 0.5) is 13.2 Å². The fraction of sp³-hybridized carbons (Fsp3) is 0.500. The second-order valence-electron chi connectivity index (χ2n) is 4.76. The molecule has 7 heteroatoms. The Bertz CT molecular complexity index is 497. The van der Waals surface area contributed by atoms with Crippen molar-refractivity contribution in [3.05, 3.63) is 29.6 Å². The number of alkyl halides is 3. The Morgan fingerprint density at radius 3 is 2.58 bits per heavy atom. The molecule has 0 radical (unpaired) electrons. The molecule has 19 heavy (non-hydrogen) atoms. The molecule has 1 atom stereocenters. The van der Waals surface area contributed by atoms with Gasteiger partial charge in [0.05, 0.1) is 17.3 Å². The van der Waals surface area contributed by atoms with Gasteiger partial charge in [-0.15, -0.1) is 0 Å². The first-order chi connectivity index (χ1) is 8.82. The van der Waals surface area contributed by atoms with Gasteiger partial charge in [0.25, 0.3) is 0 Å². The quantitative estimate of drug-likeness (QED) is 0.501. The SMILES string of the molecule is CC(C(=O)NN)c1cccc(C2(C(F)(F)F)CC2)n1. The number of carbonyl (C=O) groups excluding carboxylic acids is 1. The van der Waals surface area contributed by atoms with Gasteiger partial charge in [-0.2, -0.15) is 13.2 Å². The minimum Gasteiger partial charge on any atom is -0.294 e. The summed E-state index contributed by atoms with van der Waals surface area (Å²) in [5.74, 6) is 3.84. The monoisotopic (exact) mass is 273 g/mol. The van der Waals surface area contributed by atoms with Crippen molar-refractivity contribution < 1.29 is 18.0 Å². The predicted octanol–water partition coefficient (Wildman–Crippen LogP) is 1.77. The predicted molar refractivity (Wildman–Crippen MR) is 61.9 cm³/mol. The lowest BCUT2D eigenvalue weighted by molar-refractivity contribution is -0.161. The number of nitrogens with zero attached hydrogens (tertiary/aromatic N) is 1. The van der Waals surface area contributed by atoms with Gasteiger partial charge < -0.3 is 0 Å². The number of nitrogens with two attached hydrogens (primary N) is 1. The van der Waals surface area contributed by atoms with E-state index in [0.717, 1.165) is 0 Å². The van der Waals surface area contributed by atoms with Gasteiger partial charge in [-0.3, -0.25) is 15.2 Å². The Hall–Kier alpha value is -1.63. The lowest BCUT2D eigenvalue weighted by Gasteiger charge is -2.20. The van der Waals surface area contributed by atoms with E-state index in [0.29, 0.717) is 0 Å². The Kier molecular flexibility index (Phi) is 3.25. The molecule has 1 aromatic heterocycles. The van der Waals surface area contributed by atoms with Crippen molar-refractivity contribution in [3.8, 4) is 0 Å². The van der Waals surface area contributed by atoms with Crippen LogP contribution < -0.4 is 11.3 Å². The molecule has 1 saturated carbocycles. The Morgan fingerprint density at radius 2 is 2.11 bits per heavy atom. The Labute approximate surface area is 108 Å². The highest BCUT2D eigenvalue weighted by molar-refractivity contribution is 5.82. The summed E-state index contributed by atoms with van der Waals surface area (Å²) >= 11 is 0. The summed E-state index contributed by atoms with van der Waals surface area (Å²) in [7, 11) is 0. The van der Waals surface area contributed by atoms with E-state index in [9.17, 15) is 18.0 Å². The van der Waals surface area contributed by atoms with E-state index in [1.54, 1.807) is 6.92 Å². The first kappa shape index (κ1) is 13.8. The molecule has 0 aromatic carbocycles. The fourth-order valence-electron chi connectivity index (χ4n) is 2.03. The third kappa shape index (κ3) is 2.30. The maximum absolute atomic E-state index is 13.0. The number of halogens is 3. The summed E-state index contributed by atoms with van der Waals surface area (Å²) in [4.78, 5) is 15.4. The number of hydrogen-bond donors (Lipinski definition) is 2. The largest absolute Gasteiger partial charge is 0.399 e. The van der Waals surface area contributed by atoms with Gasteiger partial charge >= 0.3 is 6.18 Å². The summed E-state index contributed by atoms with van der Waals surface area (Å²) in [6.45, 7) is 1.54. The number of pyridine rings is 1. The molecule has 2 rings (SSSR count). The molecular formula is C12H14F3N3O. The molecule has 4 nitrogen and oxygen atoms in total. The molecule has 0 bridgehead atoms. The molecule has 1 fully saturated rings. The highest BCUT2D eigenvalue weighted by Gasteiger charge is 2.65. The zero-order valence-corrected chi connectivity index (χ0v) is 10.3. The molecule has 3 N–H and O–H groups in total. The van der Waals surface area contributed by atoms with Gasteiger partial charge in [-0.25, -0.2) is 5.84 Å². The number of nitrogens with one attached hydrogen (secondary N) is 1. The van der Waals surface area contributed by atoms with E-state index in [-0.39, 0.29) is 24.2 Å². The lowest BCUT2D eigenvalue weighted by Crippen LogP contribution is -2.34. The van der Waals surface area contributed by atoms with Gasteiger partial charge in [-0.05, 0) is 31.9 Å². The van der Waals surface area contributed by atoms with Crippen molar-refractivity contribution >= 4 is 5.91 Å². The molecule has 1 aliphatic rings. The second kappa shape index (κ2) is 4.48. The minimum atomic E-state index is -4.31. The fourth-order valence-corrected chi connectivity index (χ4v) is 2.03. The first-order valence-electron chi connectivity index (χ1n) is 5.86. The van der Waals surface area contributed by atoms with Crippen molar-refractivity contribution in [2.75, 3.05) is 0 Å². The number of amides is 1. The number of carbonyl (C=O) groups is 1. The highest BCUT2D eigenvalue weighted by atomic mass is 19.4. The summed E-state index contributed by atoms with van der Waals surface area (Å²) in [5.41, 5.74) is 0.403. The summed E-state index contributed by atoms with van der Waals surface area (Å²) in [5, 5.41) is 0. The van der Waals surface area contributed by atoms with E-state index in [2.05, 4.69) is 4.98 Å². The molecule has 0 saturated heterocycles. The molecule has 104 valence electrons. The van der Waals surface area contributed by atoms with Crippen LogP contribution in [0.1, 0.15) is 37.1 Å². The van der Waals surface area contributed by atoms with E-state index in [1.807, 2.05) is 5.43 Å². The van der Waals surface area contributed by atoms with E-state index >= 15 is 0 Å². The molecule has 1 aliphatic carbocycles. The van der Waals surface area contributed by atoms with Crippen LogP contribution in [-0.2, 0) is 10.2 Å². The van der Waals surface area contributed by atoms with Crippen LogP contribution in [0.15, 0.2) is 18.2 Å². The average molecular weight is 273 g/mol. The molecule has 1 heterocycles. The highest BCUT2D eigenvalue weighted by Crippen LogP contribution is 2.58. The molecule has 1 unspecified atom stereocenters. The summed E-state index contributed by atoms with van der Waals surface area (Å²) in [6, 6.07) is 4.37. The molecule has 0 aliphatic heterocycles. The summed E-state index contributed by atoms with van der Waals surface area (Å²) < 4.78 is 39.0. The topological polar surface area (TPSA) is 68.0 Å². The maximum atomic E-state index is 13.0.